The lowest BCUT2D eigenvalue weighted by molar-refractivity contribution is -0.124. The Morgan fingerprint density at radius 1 is 0.900 bits per heavy atom. The Bertz CT molecular complexity index is 693. The van der Waals surface area contributed by atoms with E-state index in [1.165, 1.54) is 25.7 Å². The number of fused-ring (bicyclic) bond motifs is 5. The van der Waals surface area contributed by atoms with Crippen molar-refractivity contribution in [2.45, 2.75) is 98.7 Å². The highest BCUT2D eigenvalue weighted by Gasteiger charge is 2.59. The molecule has 0 bridgehead atoms. The Morgan fingerprint density at radius 3 is 2.27 bits per heavy atom. The first-order valence-corrected chi connectivity index (χ1v) is 12.8. The largest absolute Gasteiger partial charge is 0.390 e. The summed E-state index contributed by atoms with van der Waals surface area (Å²) in [5.41, 5.74) is 2.32. The summed E-state index contributed by atoms with van der Waals surface area (Å²) in [7, 11) is 0. The second kappa shape index (κ2) is 8.07. The summed E-state index contributed by atoms with van der Waals surface area (Å²) in [5.74, 6) is 4.36. The van der Waals surface area contributed by atoms with Crippen molar-refractivity contribution in [1.82, 2.24) is 0 Å². The van der Waals surface area contributed by atoms with Gasteiger partial charge in [-0.25, -0.2) is 0 Å². The molecule has 3 saturated carbocycles. The maximum absolute atomic E-state index is 10.7. The molecule has 0 heterocycles. The third-order valence-corrected chi connectivity index (χ3v) is 10.6. The van der Waals surface area contributed by atoms with Crippen molar-refractivity contribution in [3.8, 4) is 0 Å². The van der Waals surface area contributed by atoms with E-state index in [1.807, 2.05) is 0 Å². The van der Waals surface area contributed by atoms with Gasteiger partial charge in [0.2, 0.25) is 0 Å². The van der Waals surface area contributed by atoms with Crippen molar-refractivity contribution in [3.63, 3.8) is 0 Å². The zero-order chi connectivity index (χ0) is 21.8. The maximum atomic E-state index is 10.7. The average molecular weight is 415 g/mol. The molecule has 0 aromatic rings. The molecule has 4 rings (SSSR count). The molecule has 0 aromatic carbocycles. The summed E-state index contributed by atoms with van der Waals surface area (Å²) in [6, 6.07) is 0. The maximum Gasteiger partial charge on any atom is 0.0835 e. The van der Waals surface area contributed by atoms with Gasteiger partial charge < -0.3 is 10.2 Å². The summed E-state index contributed by atoms with van der Waals surface area (Å²) in [6.07, 6.45) is 14.5. The number of aliphatic hydroxyl groups excluding tert-OH is 2. The van der Waals surface area contributed by atoms with Crippen LogP contribution in [0, 0.1) is 52.3 Å². The molecule has 2 N–H and O–H groups in total. The molecule has 0 saturated heterocycles. The molecule has 0 radical (unpaired) electrons. The van der Waals surface area contributed by atoms with Crippen molar-refractivity contribution in [2.24, 2.45) is 52.3 Å². The van der Waals surface area contributed by atoms with Crippen molar-refractivity contribution in [3.05, 3.63) is 23.8 Å². The van der Waals surface area contributed by atoms with Crippen LogP contribution in [0.25, 0.3) is 0 Å². The van der Waals surface area contributed by atoms with Crippen LogP contribution in [-0.4, -0.2) is 22.4 Å². The normalized spacial score (nSPS) is 48.1. The summed E-state index contributed by atoms with van der Waals surface area (Å²) in [5, 5.41) is 21.0. The highest BCUT2D eigenvalue weighted by molar-refractivity contribution is 5.28. The van der Waals surface area contributed by atoms with Crippen LogP contribution in [0.15, 0.2) is 23.8 Å². The van der Waals surface area contributed by atoms with E-state index < -0.39 is 12.2 Å². The Hall–Kier alpha value is -0.600. The lowest BCUT2D eigenvalue weighted by Crippen LogP contribution is -2.55. The van der Waals surface area contributed by atoms with Gasteiger partial charge in [0, 0.05) is 0 Å². The van der Waals surface area contributed by atoms with Gasteiger partial charge in [0.05, 0.1) is 12.2 Å². The van der Waals surface area contributed by atoms with Crippen molar-refractivity contribution in [2.75, 3.05) is 0 Å². The number of hydrogen-bond donors (Lipinski definition) is 2. The minimum Gasteiger partial charge on any atom is -0.390 e. The zero-order valence-corrected chi connectivity index (χ0v) is 20.3. The van der Waals surface area contributed by atoms with Crippen LogP contribution in [0.2, 0.25) is 0 Å². The number of allylic oxidation sites excluding steroid dienone is 4. The minimum atomic E-state index is -0.542. The van der Waals surface area contributed by atoms with E-state index >= 15 is 0 Å². The quantitative estimate of drug-likeness (QED) is 0.524. The fourth-order valence-electron chi connectivity index (χ4n) is 8.18. The van der Waals surface area contributed by atoms with Gasteiger partial charge >= 0.3 is 0 Å². The van der Waals surface area contributed by atoms with Gasteiger partial charge in [-0.05, 0) is 97.2 Å². The molecular weight excluding hydrogens is 368 g/mol. The van der Waals surface area contributed by atoms with Gasteiger partial charge in [0.25, 0.3) is 0 Å². The molecule has 2 heteroatoms. The molecule has 0 aromatic heterocycles. The third-order valence-electron chi connectivity index (χ3n) is 10.6. The molecule has 30 heavy (non-hydrogen) atoms. The molecule has 10 unspecified atom stereocenters. The first-order valence-electron chi connectivity index (χ1n) is 12.8. The highest BCUT2D eigenvalue weighted by Crippen LogP contribution is 2.66. The summed E-state index contributed by atoms with van der Waals surface area (Å²) in [4.78, 5) is 0. The zero-order valence-electron chi connectivity index (χ0n) is 20.3. The summed E-state index contributed by atoms with van der Waals surface area (Å²) < 4.78 is 0. The van der Waals surface area contributed by atoms with E-state index in [2.05, 4.69) is 59.8 Å². The second-order valence-electron chi connectivity index (χ2n) is 12.3. The van der Waals surface area contributed by atoms with E-state index in [1.54, 1.807) is 5.57 Å². The first-order chi connectivity index (χ1) is 14.1. The molecule has 0 spiro atoms. The number of aliphatic hydroxyl groups is 2. The molecule has 4 aliphatic rings. The van der Waals surface area contributed by atoms with Gasteiger partial charge in [0.1, 0.15) is 0 Å². The van der Waals surface area contributed by atoms with Crippen LogP contribution < -0.4 is 0 Å². The molecule has 4 aliphatic carbocycles. The van der Waals surface area contributed by atoms with Crippen LogP contribution in [0.3, 0.4) is 0 Å². The Morgan fingerprint density at radius 2 is 1.57 bits per heavy atom. The lowest BCUT2D eigenvalue weighted by atomic mass is 9.47. The fraction of sp³-hybridized carbons (Fsp3) is 0.857. The minimum absolute atomic E-state index is 0.167. The third kappa shape index (κ3) is 3.45. The SMILES string of the molecule is CC(C)C(C)C=CC(C)C1CCC2C3=CCC4C(O)C(O)CCC4(C)C3CCC21C. The second-order valence-corrected chi connectivity index (χ2v) is 12.3. The van der Waals surface area contributed by atoms with E-state index in [4.69, 9.17) is 0 Å². The Labute approximate surface area is 185 Å². The van der Waals surface area contributed by atoms with E-state index in [0.29, 0.717) is 29.1 Å². The Balaban J connectivity index is 1.56. The topological polar surface area (TPSA) is 40.5 Å². The van der Waals surface area contributed by atoms with Crippen molar-refractivity contribution in [1.29, 1.82) is 0 Å². The number of hydrogen-bond acceptors (Lipinski definition) is 2. The monoisotopic (exact) mass is 414 g/mol. The van der Waals surface area contributed by atoms with Crippen molar-refractivity contribution >= 4 is 0 Å². The predicted octanol–water partition coefficient (Wildman–Crippen LogP) is 6.38. The van der Waals surface area contributed by atoms with Crippen LogP contribution in [0.4, 0.5) is 0 Å². The van der Waals surface area contributed by atoms with Gasteiger partial charge in [-0.3, -0.25) is 0 Å². The van der Waals surface area contributed by atoms with Crippen LogP contribution in [0.1, 0.15) is 86.5 Å². The van der Waals surface area contributed by atoms with Gasteiger partial charge in [0.15, 0.2) is 0 Å². The van der Waals surface area contributed by atoms with Gasteiger partial charge in [-0.1, -0.05) is 65.3 Å². The van der Waals surface area contributed by atoms with E-state index in [9.17, 15) is 10.2 Å². The highest BCUT2D eigenvalue weighted by atomic mass is 16.3. The first kappa shape index (κ1) is 22.6. The molecule has 170 valence electrons. The van der Waals surface area contributed by atoms with Gasteiger partial charge in [-0.2, -0.15) is 0 Å². The number of rotatable bonds is 4. The van der Waals surface area contributed by atoms with Crippen LogP contribution in [-0.2, 0) is 0 Å². The Kier molecular flexibility index (Phi) is 6.08. The smallest absolute Gasteiger partial charge is 0.0835 e. The predicted molar refractivity (Wildman–Crippen MR) is 125 cm³/mol. The average Bonchev–Trinajstić information content (AvgIpc) is 3.06. The van der Waals surface area contributed by atoms with Crippen LogP contribution in [0.5, 0.6) is 0 Å². The molecule has 0 aliphatic heterocycles. The standard InChI is InChI=1S/C28H46O2/c1-17(2)18(3)7-8-19(4)21-11-12-22-20-9-10-24-26(30)25(29)14-16-28(24,6)23(20)13-15-27(21,22)5/h7-9,17-19,21-26,29-30H,10-16H2,1-6H3. The van der Waals surface area contributed by atoms with Crippen molar-refractivity contribution < 1.29 is 10.2 Å². The van der Waals surface area contributed by atoms with Crippen LogP contribution >= 0.6 is 0 Å². The molecule has 2 nitrogen and oxygen atoms in total. The fourth-order valence-corrected chi connectivity index (χ4v) is 8.18. The molecule has 3 fully saturated rings. The molecule has 10 atom stereocenters. The van der Waals surface area contributed by atoms with E-state index in [0.717, 1.165) is 31.1 Å². The molecule has 0 amide bonds. The van der Waals surface area contributed by atoms with E-state index in [-0.39, 0.29) is 11.3 Å². The summed E-state index contributed by atoms with van der Waals surface area (Å²) >= 11 is 0. The van der Waals surface area contributed by atoms with Gasteiger partial charge in [-0.15, -0.1) is 0 Å². The lowest BCUT2D eigenvalue weighted by Gasteiger charge is -2.58. The molecular formula is C28H46O2. The summed E-state index contributed by atoms with van der Waals surface area (Å²) in [6.45, 7) is 14.5.